The lowest BCUT2D eigenvalue weighted by atomic mass is 9.84. The fraction of sp³-hybridized carbons (Fsp3) is 0.0455. The maximum Gasteiger partial charge on any atom is 0.274 e. The Hall–Kier alpha value is -3.05. The number of fused-ring (bicyclic) bond motifs is 1. The minimum absolute atomic E-state index is 0.00390. The fourth-order valence-corrected chi connectivity index (χ4v) is 5.34. The van der Waals surface area contributed by atoms with Gasteiger partial charge in [0.2, 0.25) is 0 Å². The zero-order chi connectivity index (χ0) is 23.2. The van der Waals surface area contributed by atoms with Gasteiger partial charge in [0, 0.05) is 20.1 Å². The second-order valence-corrected chi connectivity index (χ2v) is 9.62. The summed E-state index contributed by atoms with van der Waals surface area (Å²) in [4.78, 5) is 13.1. The van der Waals surface area contributed by atoms with Crippen LogP contribution >= 0.6 is 43.2 Å². The van der Waals surface area contributed by atoms with Crippen molar-refractivity contribution in [2.75, 3.05) is 0 Å². The lowest BCUT2D eigenvalue weighted by Crippen LogP contribution is -2.38. The van der Waals surface area contributed by atoms with Crippen LogP contribution in [0.25, 0.3) is 17.5 Å². The summed E-state index contributed by atoms with van der Waals surface area (Å²) >= 11 is 7.46. The SMILES string of the molecule is N#CC1=C(N)n2c(s/c(=C/c3cc(Br)ccc3F)c2=O)=C(C#N)C1c1cc(Br)ccc1F. The second-order valence-electron chi connectivity index (χ2n) is 6.76. The van der Waals surface area contributed by atoms with Crippen molar-refractivity contribution in [1.82, 2.24) is 4.57 Å². The molecule has 1 unspecified atom stereocenters. The van der Waals surface area contributed by atoms with Gasteiger partial charge in [-0.25, -0.2) is 8.78 Å². The first kappa shape index (κ1) is 22.2. The maximum atomic E-state index is 14.7. The third-order valence-electron chi connectivity index (χ3n) is 4.90. The molecular formula is C22H10Br2F2N4OS. The molecule has 2 heterocycles. The third kappa shape index (κ3) is 3.61. The van der Waals surface area contributed by atoms with Crippen LogP contribution in [0.3, 0.4) is 0 Å². The monoisotopic (exact) mass is 574 g/mol. The molecule has 1 aliphatic heterocycles. The molecule has 0 aliphatic carbocycles. The summed E-state index contributed by atoms with van der Waals surface area (Å²) in [6.45, 7) is 0. The normalized spacial score (nSPS) is 16.0. The lowest BCUT2D eigenvalue weighted by molar-refractivity contribution is 0.608. The Labute approximate surface area is 200 Å². The molecule has 0 radical (unpaired) electrons. The summed E-state index contributed by atoms with van der Waals surface area (Å²) in [5.74, 6) is -2.44. The van der Waals surface area contributed by atoms with E-state index < -0.39 is 23.1 Å². The molecule has 1 aliphatic rings. The summed E-state index contributed by atoms with van der Waals surface area (Å²) < 4.78 is 31.4. The van der Waals surface area contributed by atoms with Gasteiger partial charge in [-0.2, -0.15) is 10.5 Å². The van der Waals surface area contributed by atoms with Crippen molar-refractivity contribution in [3.63, 3.8) is 0 Å². The van der Waals surface area contributed by atoms with Gasteiger partial charge < -0.3 is 5.73 Å². The van der Waals surface area contributed by atoms with Crippen LogP contribution in [-0.4, -0.2) is 4.57 Å². The summed E-state index contributed by atoms with van der Waals surface area (Å²) in [5, 5.41) is 19.7. The van der Waals surface area contributed by atoms with E-state index in [9.17, 15) is 24.1 Å². The molecule has 2 aromatic carbocycles. The van der Waals surface area contributed by atoms with Gasteiger partial charge in [0.15, 0.2) is 0 Å². The average Bonchev–Trinajstić information content (AvgIpc) is 3.08. The van der Waals surface area contributed by atoms with Crippen molar-refractivity contribution < 1.29 is 8.78 Å². The van der Waals surface area contributed by atoms with Crippen molar-refractivity contribution in [3.8, 4) is 12.1 Å². The molecule has 158 valence electrons. The maximum absolute atomic E-state index is 14.7. The van der Waals surface area contributed by atoms with Gasteiger partial charge in [0.05, 0.1) is 33.7 Å². The number of halogens is 4. The second kappa shape index (κ2) is 8.47. The van der Waals surface area contributed by atoms with Crippen molar-refractivity contribution in [2.45, 2.75) is 5.92 Å². The number of nitrogens with two attached hydrogens (primary N) is 1. The molecule has 10 heteroatoms. The topological polar surface area (TPSA) is 95.6 Å². The molecular weight excluding hydrogens is 566 g/mol. The first-order valence-corrected chi connectivity index (χ1v) is 11.3. The van der Waals surface area contributed by atoms with Crippen LogP contribution < -0.4 is 20.5 Å². The molecule has 0 saturated heterocycles. The van der Waals surface area contributed by atoms with Gasteiger partial charge in [0.25, 0.3) is 5.56 Å². The average molecular weight is 576 g/mol. The summed E-state index contributed by atoms with van der Waals surface area (Å²) in [7, 11) is 0. The number of nitriles is 2. The van der Waals surface area contributed by atoms with E-state index >= 15 is 0 Å². The smallest absolute Gasteiger partial charge is 0.274 e. The van der Waals surface area contributed by atoms with Gasteiger partial charge in [-0.3, -0.25) is 9.36 Å². The number of thiazole rings is 1. The third-order valence-corrected chi connectivity index (χ3v) is 7.00. The van der Waals surface area contributed by atoms with E-state index in [1.54, 1.807) is 0 Å². The zero-order valence-corrected chi connectivity index (χ0v) is 19.9. The number of allylic oxidation sites excluding steroid dienone is 1. The molecule has 32 heavy (non-hydrogen) atoms. The van der Waals surface area contributed by atoms with Crippen molar-refractivity contribution in [1.29, 1.82) is 10.5 Å². The molecule has 0 fully saturated rings. The molecule has 1 atom stereocenters. The Balaban J connectivity index is 2.10. The van der Waals surface area contributed by atoms with Crippen LogP contribution in [0.5, 0.6) is 0 Å². The number of nitrogens with zero attached hydrogens (tertiary/aromatic N) is 3. The zero-order valence-electron chi connectivity index (χ0n) is 15.9. The molecule has 2 N–H and O–H groups in total. The van der Waals surface area contributed by atoms with Crippen LogP contribution in [0.4, 0.5) is 8.78 Å². The van der Waals surface area contributed by atoms with Crippen molar-refractivity contribution in [3.05, 3.63) is 93.2 Å². The highest BCUT2D eigenvalue weighted by molar-refractivity contribution is 9.10. The van der Waals surface area contributed by atoms with E-state index in [-0.39, 0.29) is 37.3 Å². The largest absolute Gasteiger partial charge is 0.384 e. The Morgan fingerprint density at radius 2 is 1.66 bits per heavy atom. The molecule has 0 amide bonds. The predicted octanol–water partition coefficient (Wildman–Crippen LogP) is 3.66. The van der Waals surface area contributed by atoms with E-state index in [0.717, 1.165) is 15.9 Å². The molecule has 4 rings (SSSR count). The summed E-state index contributed by atoms with van der Waals surface area (Å²) in [6.07, 6.45) is 1.35. The van der Waals surface area contributed by atoms with E-state index in [2.05, 4.69) is 31.9 Å². The van der Waals surface area contributed by atoms with Crippen LogP contribution in [-0.2, 0) is 0 Å². The van der Waals surface area contributed by atoms with E-state index in [1.165, 1.54) is 42.5 Å². The van der Waals surface area contributed by atoms with Gasteiger partial charge in [-0.15, -0.1) is 11.3 Å². The highest BCUT2D eigenvalue weighted by atomic mass is 79.9. The molecule has 0 saturated carbocycles. The number of hydrogen-bond acceptors (Lipinski definition) is 5. The van der Waals surface area contributed by atoms with Crippen molar-refractivity contribution >= 4 is 60.7 Å². The van der Waals surface area contributed by atoms with Gasteiger partial charge >= 0.3 is 0 Å². The van der Waals surface area contributed by atoms with Crippen LogP contribution in [0.1, 0.15) is 17.0 Å². The van der Waals surface area contributed by atoms with E-state index in [4.69, 9.17) is 5.73 Å². The number of aromatic nitrogens is 1. The van der Waals surface area contributed by atoms with Crippen LogP contribution in [0.2, 0.25) is 0 Å². The van der Waals surface area contributed by atoms with Gasteiger partial charge in [-0.05, 0) is 42.5 Å². The molecule has 1 aromatic heterocycles. The molecule has 0 spiro atoms. The quantitative estimate of drug-likeness (QED) is 0.504. The highest BCUT2D eigenvalue weighted by Gasteiger charge is 2.33. The van der Waals surface area contributed by atoms with Crippen LogP contribution in [0, 0.1) is 34.3 Å². The Morgan fingerprint density at radius 1 is 1.03 bits per heavy atom. The first-order chi connectivity index (χ1) is 15.3. The summed E-state index contributed by atoms with van der Waals surface area (Å²) in [6, 6.07) is 12.4. The van der Waals surface area contributed by atoms with E-state index in [0.29, 0.717) is 8.95 Å². The number of hydrogen-bond donors (Lipinski definition) is 1. The standard InChI is InChI=1S/C22H10Br2F2N4OS/c23-11-1-3-16(25)10(5-11)6-18-21(31)30-20(29)14(8-27)19(15(9-28)22(30)32-18)13-7-12(24)2-4-17(13)26/h1-7,19H,29H2/b18-6+. The molecule has 0 bridgehead atoms. The number of benzene rings is 2. The van der Waals surface area contributed by atoms with E-state index in [1.807, 2.05) is 12.1 Å². The Kier molecular flexibility index (Phi) is 5.87. The minimum Gasteiger partial charge on any atom is -0.384 e. The first-order valence-electron chi connectivity index (χ1n) is 8.94. The Bertz CT molecular complexity index is 1590. The predicted molar refractivity (Wildman–Crippen MR) is 124 cm³/mol. The molecule has 5 nitrogen and oxygen atoms in total. The Morgan fingerprint density at radius 3 is 2.31 bits per heavy atom. The summed E-state index contributed by atoms with van der Waals surface area (Å²) in [5.41, 5.74) is 5.69. The minimum atomic E-state index is -1.09. The lowest BCUT2D eigenvalue weighted by Gasteiger charge is -2.22. The van der Waals surface area contributed by atoms with Gasteiger partial charge in [0.1, 0.15) is 22.1 Å². The molecule has 3 aromatic rings. The van der Waals surface area contributed by atoms with Crippen LogP contribution in [0.15, 0.2) is 55.7 Å². The number of rotatable bonds is 2. The fourth-order valence-electron chi connectivity index (χ4n) is 3.46. The highest BCUT2D eigenvalue weighted by Crippen LogP contribution is 2.37. The van der Waals surface area contributed by atoms with Gasteiger partial charge in [-0.1, -0.05) is 31.9 Å². The van der Waals surface area contributed by atoms with Crippen molar-refractivity contribution in [2.24, 2.45) is 5.73 Å².